The third-order valence-electron chi connectivity index (χ3n) is 4.10. The zero-order valence-electron chi connectivity index (χ0n) is 15.4. The maximum absolute atomic E-state index is 12.5. The van der Waals surface area contributed by atoms with E-state index in [0.29, 0.717) is 11.1 Å². The topological polar surface area (TPSA) is 60.4 Å². The minimum absolute atomic E-state index is 0.358. The van der Waals surface area contributed by atoms with Gasteiger partial charge < -0.3 is 0 Å². The lowest BCUT2D eigenvalue weighted by Gasteiger charge is -2.07. The van der Waals surface area contributed by atoms with Crippen LogP contribution in [0.5, 0.6) is 0 Å². The first-order chi connectivity index (χ1) is 11.6. The molecule has 0 saturated heterocycles. The van der Waals surface area contributed by atoms with Crippen molar-refractivity contribution < 1.29 is 18.7 Å². The number of aryl methyl sites for hydroxylation is 6. The second kappa shape index (κ2) is 7.28. The monoisotopic (exact) mass is 357 g/mol. The van der Waals surface area contributed by atoms with Gasteiger partial charge in [0.15, 0.2) is 0 Å². The van der Waals surface area contributed by atoms with Crippen LogP contribution in [0.4, 0.5) is 0 Å². The summed E-state index contributed by atoms with van der Waals surface area (Å²) in [5, 5.41) is 0. The van der Waals surface area contributed by atoms with Gasteiger partial charge in [0.2, 0.25) is 0 Å². The molecule has 1 atom stereocenters. The van der Waals surface area contributed by atoms with Crippen LogP contribution >= 0.6 is 8.03 Å². The second-order valence-corrected chi connectivity index (χ2v) is 7.59. The van der Waals surface area contributed by atoms with Crippen molar-refractivity contribution in [2.24, 2.45) is 0 Å². The molecule has 0 N–H and O–H groups in total. The van der Waals surface area contributed by atoms with E-state index in [1.807, 2.05) is 38.1 Å². The number of carbonyl (C=O) groups is 2. The third kappa shape index (κ3) is 4.02. The average molecular weight is 357 g/mol. The lowest BCUT2D eigenvalue weighted by molar-refractivity contribution is 0.0736. The van der Waals surface area contributed by atoms with Crippen LogP contribution < -0.4 is 0 Å². The zero-order valence-corrected chi connectivity index (χ0v) is 16.3. The summed E-state index contributed by atoms with van der Waals surface area (Å²) in [6.07, 6.45) is 0. The van der Waals surface area contributed by atoms with E-state index in [0.717, 1.165) is 33.4 Å². The summed E-state index contributed by atoms with van der Waals surface area (Å²) < 4.78 is 17.4. The molecule has 0 aliphatic carbocycles. The summed E-state index contributed by atoms with van der Waals surface area (Å²) in [7, 11) is -2.79. The molecule has 0 aliphatic rings. The highest BCUT2D eigenvalue weighted by atomic mass is 31.1. The Morgan fingerprint density at radius 2 is 1.08 bits per heavy atom. The number of carbonyl (C=O) groups excluding carboxylic acids is 2. The molecule has 2 rings (SSSR count). The molecule has 0 spiro atoms. The lowest BCUT2D eigenvalue weighted by atomic mass is 10.0. The van der Waals surface area contributed by atoms with Gasteiger partial charge in [0, 0.05) is 0 Å². The molecule has 130 valence electrons. The van der Waals surface area contributed by atoms with Gasteiger partial charge in [0.25, 0.3) is 0 Å². The first-order valence-corrected chi connectivity index (χ1v) is 9.19. The number of hydrogen-bond acceptors (Lipinski definition) is 4. The summed E-state index contributed by atoms with van der Waals surface area (Å²) >= 11 is 0. The second-order valence-electron chi connectivity index (χ2n) is 6.49. The molecular formula is C20H22O4P+. The quantitative estimate of drug-likeness (QED) is 0.699. The van der Waals surface area contributed by atoms with Crippen molar-refractivity contribution in [1.29, 1.82) is 0 Å². The predicted molar refractivity (Wildman–Crippen MR) is 98.7 cm³/mol. The van der Waals surface area contributed by atoms with Crippen molar-refractivity contribution in [3.8, 4) is 0 Å². The molecule has 0 radical (unpaired) electrons. The first kappa shape index (κ1) is 19.0. The van der Waals surface area contributed by atoms with E-state index in [1.54, 1.807) is 27.7 Å². The lowest BCUT2D eigenvalue weighted by Crippen LogP contribution is -2.09. The summed E-state index contributed by atoms with van der Waals surface area (Å²) in [6, 6.07) is 7.40. The Hall–Kier alpha value is -2.32. The highest BCUT2D eigenvalue weighted by Crippen LogP contribution is 2.33. The summed E-state index contributed by atoms with van der Waals surface area (Å²) in [5.41, 5.74) is 5.04. The Kier molecular flexibility index (Phi) is 5.54. The van der Waals surface area contributed by atoms with Crippen LogP contribution in [-0.4, -0.2) is 11.5 Å². The van der Waals surface area contributed by atoms with Crippen LogP contribution in [0.15, 0.2) is 24.3 Å². The average Bonchev–Trinajstić information content (AvgIpc) is 2.44. The zero-order chi connectivity index (χ0) is 18.9. The van der Waals surface area contributed by atoms with Gasteiger partial charge >= 0.3 is 19.5 Å². The molecule has 25 heavy (non-hydrogen) atoms. The maximum Gasteiger partial charge on any atom is 0.645 e. The molecule has 1 unspecified atom stereocenters. The molecule has 5 heteroatoms. The highest BCUT2D eigenvalue weighted by molar-refractivity contribution is 7.60. The van der Waals surface area contributed by atoms with Gasteiger partial charge in [-0.25, -0.2) is 14.1 Å². The Bertz CT molecular complexity index is 851. The Balaban J connectivity index is 2.29. The van der Waals surface area contributed by atoms with E-state index in [9.17, 15) is 14.2 Å². The van der Waals surface area contributed by atoms with E-state index >= 15 is 0 Å². The van der Waals surface area contributed by atoms with Crippen LogP contribution in [0.1, 0.15) is 54.1 Å². The van der Waals surface area contributed by atoms with Crippen LogP contribution in [0, 0.1) is 41.5 Å². The number of benzene rings is 2. The van der Waals surface area contributed by atoms with Crippen LogP contribution in [-0.2, 0) is 9.09 Å². The van der Waals surface area contributed by atoms with Crippen molar-refractivity contribution in [3.63, 3.8) is 0 Å². The van der Waals surface area contributed by atoms with Gasteiger partial charge in [0.1, 0.15) is 0 Å². The summed E-state index contributed by atoms with van der Waals surface area (Å²) in [4.78, 5) is 24.9. The van der Waals surface area contributed by atoms with Gasteiger partial charge in [-0.3, -0.25) is 0 Å². The van der Waals surface area contributed by atoms with Crippen LogP contribution in [0.2, 0.25) is 0 Å². The predicted octanol–water partition coefficient (Wildman–Crippen LogP) is 5.28. The smallest absolute Gasteiger partial charge is 0.241 e. The van der Waals surface area contributed by atoms with E-state index in [-0.39, 0.29) is 0 Å². The minimum Gasteiger partial charge on any atom is -0.241 e. The van der Waals surface area contributed by atoms with Crippen LogP contribution in [0.3, 0.4) is 0 Å². The highest BCUT2D eigenvalue weighted by Gasteiger charge is 2.39. The molecule has 4 nitrogen and oxygen atoms in total. The Labute approximate surface area is 149 Å². The molecule has 0 heterocycles. The number of rotatable bonds is 4. The van der Waals surface area contributed by atoms with Gasteiger partial charge in [-0.05, 0) is 68.4 Å². The maximum atomic E-state index is 12.5. The van der Waals surface area contributed by atoms with E-state index in [2.05, 4.69) is 0 Å². The molecule has 0 bridgehead atoms. The fourth-order valence-electron chi connectivity index (χ4n) is 3.27. The van der Waals surface area contributed by atoms with Crippen LogP contribution in [0.25, 0.3) is 0 Å². The summed E-state index contributed by atoms with van der Waals surface area (Å²) in [6.45, 7) is 11.0. The fraction of sp³-hybridized carbons (Fsp3) is 0.300. The van der Waals surface area contributed by atoms with Crippen molar-refractivity contribution >= 4 is 19.5 Å². The molecule has 0 fully saturated rings. The first-order valence-electron chi connectivity index (χ1n) is 8.01. The van der Waals surface area contributed by atoms with E-state index in [4.69, 9.17) is 4.52 Å². The van der Waals surface area contributed by atoms with Gasteiger partial charge in [-0.15, -0.1) is 0 Å². The van der Waals surface area contributed by atoms with Crippen molar-refractivity contribution in [1.82, 2.24) is 0 Å². The Morgan fingerprint density at radius 1 is 0.720 bits per heavy atom. The molecule has 2 aromatic carbocycles. The van der Waals surface area contributed by atoms with E-state index in [1.165, 1.54) is 0 Å². The van der Waals surface area contributed by atoms with Gasteiger partial charge in [0.05, 0.1) is 11.1 Å². The SMILES string of the molecule is Cc1cc(C)c(C(=O)O[P+](=O)C(=O)c2c(C)cc(C)cc2C)c(C)c1. The minimum atomic E-state index is -2.79. The third-order valence-corrected chi connectivity index (χ3v) is 4.99. The normalized spacial score (nSPS) is 11.2. The molecule has 0 saturated carbocycles. The largest absolute Gasteiger partial charge is 0.645 e. The fourth-order valence-corrected chi connectivity index (χ4v) is 4.13. The molecule has 0 aliphatic heterocycles. The van der Waals surface area contributed by atoms with Crippen molar-refractivity contribution in [2.75, 3.05) is 0 Å². The Morgan fingerprint density at radius 3 is 1.48 bits per heavy atom. The molecule has 2 aromatic rings. The molecular weight excluding hydrogens is 335 g/mol. The van der Waals surface area contributed by atoms with Crippen molar-refractivity contribution in [3.05, 3.63) is 68.8 Å². The van der Waals surface area contributed by atoms with Gasteiger partial charge in [-0.1, -0.05) is 35.4 Å². The van der Waals surface area contributed by atoms with Crippen molar-refractivity contribution in [2.45, 2.75) is 41.5 Å². The van der Waals surface area contributed by atoms with Gasteiger partial charge in [-0.2, -0.15) is 0 Å². The van der Waals surface area contributed by atoms with E-state index < -0.39 is 19.5 Å². The molecule has 0 amide bonds. The molecule has 0 aromatic heterocycles. The standard InChI is InChI=1S/C20H22O4P/c1-11-7-13(3)17(14(4)8-11)19(21)24-25(23)20(22)18-15(5)9-12(2)10-16(18)6/h7-10H,1-6H3/q+1. The summed E-state index contributed by atoms with van der Waals surface area (Å²) in [5.74, 6) is -0.730. The number of hydrogen-bond donors (Lipinski definition) is 0.